The summed E-state index contributed by atoms with van der Waals surface area (Å²) in [6.45, 7) is 3.29. The number of hydrogen-bond donors (Lipinski definition) is 11. The smallest absolute Gasteiger partial charge is 0.315 e. The lowest BCUT2D eigenvalue weighted by Gasteiger charge is -2.30. The average molecular weight is 917 g/mol. The maximum Gasteiger partial charge on any atom is 0.315 e. The fourth-order valence-corrected chi connectivity index (χ4v) is 9.66. The van der Waals surface area contributed by atoms with E-state index in [-0.39, 0.29) is 61.5 Å². The van der Waals surface area contributed by atoms with Crippen molar-refractivity contribution < 1.29 is 53.5 Å². The number of rotatable bonds is 26. The van der Waals surface area contributed by atoms with Crippen molar-refractivity contribution in [1.82, 2.24) is 47.6 Å². The Morgan fingerprint density at radius 3 is 2.31 bits per heavy atom. The highest BCUT2D eigenvalue weighted by atomic mass is 32.2. The fraction of sp³-hybridized carbons (Fsp3) is 0.643. The number of thioether (sulfide) groups is 1. The molecule has 354 valence electrons. The second-order valence-electron chi connectivity index (χ2n) is 16.9. The first-order valence-corrected chi connectivity index (χ1v) is 23.0. The second kappa shape index (κ2) is 25.6. The van der Waals surface area contributed by atoms with Crippen LogP contribution in [-0.4, -0.2) is 136 Å². The van der Waals surface area contributed by atoms with Gasteiger partial charge in [0, 0.05) is 49.3 Å². The van der Waals surface area contributed by atoms with Crippen molar-refractivity contribution in [3.63, 3.8) is 0 Å². The van der Waals surface area contributed by atoms with E-state index in [0.717, 1.165) is 25.0 Å². The molecule has 7 atom stereocenters. The third-order valence-electron chi connectivity index (χ3n) is 11.4. The molecule has 21 nitrogen and oxygen atoms in total. The highest BCUT2D eigenvalue weighted by Crippen LogP contribution is 2.33. The summed E-state index contributed by atoms with van der Waals surface area (Å²) in [6.07, 6.45) is 4.91. The molecule has 0 bridgehead atoms. The molecule has 3 heterocycles. The molecule has 1 unspecified atom stereocenters. The summed E-state index contributed by atoms with van der Waals surface area (Å²) < 4.78 is 0. The Morgan fingerprint density at radius 1 is 0.875 bits per heavy atom. The van der Waals surface area contributed by atoms with Crippen LogP contribution in [0.5, 0.6) is 5.75 Å². The Kier molecular flexibility index (Phi) is 20.4. The van der Waals surface area contributed by atoms with E-state index in [4.69, 9.17) is 10.9 Å². The standard InChI is InChI=1S/C42H64N10O11S/c1-24(2)18-26(20-34(55)51-63)41(61)52-17-7-9-31(52)40(60)48-29(19-25-12-14-27(53)15-13-25)39(59)46-21-35(56)45-22-36(57)47-28(38(43)58)8-5-6-16-44-33(54)11-4-3-10-32-37-30(23-64-32)49-42(62)50-37/h12-15,24,26,28-32,37,53,63H,3-11,16-23H2,1-2H3,(H2,43,58)(H,44,54)(H,45,56)(H,46,59)(H,47,57)(H,48,60)(H,51,55)(H2,49,50,62)/t26?,28-,29-,30-,31-,32-,37-/m0/s1. The average Bonchev–Trinajstić information content (AvgIpc) is 3.99. The lowest BCUT2D eigenvalue weighted by Crippen LogP contribution is -2.55. The van der Waals surface area contributed by atoms with E-state index in [1.807, 2.05) is 25.6 Å². The van der Waals surface area contributed by atoms with Gasteiger partial charge in [0.2, 0.25) is 47.3 Å². The van der Waals surface area contributed by atoms with E-state index in [9.17, 15) is 48.3 Å². The number of primary amides is 1. The first-order chi connectivity index (χ1) is 30.5. The number of hydroxylamine groups is 1. The number of carbonyl (C=O) groups is 9. The van der Waals surface area contributed by atoms with Crippen molar-refractivity contribution in [1.29, 1.82) is 0 Å². The van der Waals surface area contributed by atoms with Gasteiger partial charge >= 0.3 is 6.03 Å². The molecular formula is C42H64N10O11S. The Morgan fingerprint density at radius 2 is 1.61 bits per heavy atom. The SMILES string of the molecule is CC(C)CC(CC(=O)NO)C(=O)N1CCC[C@H]1C(=O)N[C@@H](Cc1ccc(O)cc1)C(=O)NCC(=O)NCC(=O)N[C@@H](CCCCNC(=O)CCCC[C@@H]1SC[C@@H]2NC(=O)N[C@@H]21)C(N)=O. The van der Waals surface area contributed by atoms with Crippen LogP contribution in [-0.2, 0) is 44.8 Å². The van der Waals surface area contributed by atoms with Gasteiger partial charge in [-0.25, -0.2) is 10.3 Å². The molecule has 0 aliphatic carbocycles. The Labute approximate surface area is 376 Å². The number of nitrogens with zero attached hydrogens (tertiary/aromatic N) is 1. The molecule has 3 aliphatic rings. The van der Waals surface area contributed by atoms with E-state index in [1.165, 1.54) is 17.0 Å². The minimum Gasteiger partial charge on any atom is -0.508 e. The summed E-state index contributed by atoms with van der Waals surface area (Å²) in [5, 5.41) is 37.9. The van der Waals surface area contributed by atoms with Crippen LogP contribution in [0.4, 0.5) is 4.79 Å². The molecule has 12 N–H and O–H groups in total. The number of phenolic OH excluding ortho intramolecular Hbond substituents is 1. The maximum absolute atomic E-state index is 13.7. The van der Waals surface area contributed by atoms with Crippen LogP contribution in [0.1, 0.15) is 90.0 Å². The number of likely N-dealkylation sites (tertiary alicyclic amines) is 1. The van der Waals surface area contributed by atoms with Crippen molar-refractivity contribution >= 4 is 65.1 Å². The Bertz CT molecular complexity index is 1820. The molecule has 3 saturated heterocycles. The lowest BCUT2D eigenvalue weighted by atomic mass is 9.92. The predicted molar refractivity (Wildman–Crippen MR) is 234 cm³/mol. The molecule has 10 amide bonds. The number of nitrogens with one attached hydrogen (secondary N) is 8. The van der Waals surface area contributed by atoms with Gasteiger partial charge in [-0.05, 0) is 75.0 Å². The van der Waals surface area contributed by atoms with E-state index in [2.05, 4.69) is 37.2 Å². The summed E-state index contributed by atoms with van der Waals surface area (Å²) in [7, 11) is 0. The zero-order valence-electron chi connectivity index (χ0n) is 36.5. The lowest BCUT2D eigenvalue weighted by molar-refractivity contribution is -0.145. The monoisotopic (exact) mass is 916 g/mol. The zero-order valence-corrected chi connectivity index (χ0v) is 37.3. The van der Waals surface area contributed by atoms with Crippen molar-refractivity contribution in [2.24, 2.45) is 17.6 Å². The summed E-state index contributed by atoms with van der Waals surface area (Å²) >= 11 is 1.83. The minimum absolute atomic E-state index is 0.0144. The highest BCUT2D eigenvalue weighted by Gasteiger charge is 2.43. The van der Waals surface area contributed by atoms with Crippen molar-refractivity contribution in [2.45, 2.75) is 126 Å². The van der Waals surface area contributed by atoms with Crippen LogP contribution in [0.15, 0.2) is 24.3 Å². The molecule has 1 aromatic rings. The van der Waals surface area contributed by atoms with Gasteiger partial charge in [-0.1, -0.05) is 32.4 Å². The Balaban J connectivity index is 1.18. The number of benzene rings is 1. The first-order valence-electron chi connectivity index (χ1n) is 21.9. The van der Waals surface area contributed by atoms with Gasteiger partial charge in [0.15, 0.2) is 0 Å². The number of unbranched alkanes of at least 4 members (excludes halogenated alkanes) is 2. The van der Waals surface area contributed by atoms with Crippen molar-refractivity contribution in [3.8, 4) is 5.75 Å². The van der Waals surface area contributed by atoms with Gasteiger partial charge < -0.3 is 53.0 Å². The van der Waals surface area contributed by atoms with Crippen LogP contribution in [0, 0.1) is 11.8 Å². The molecule has 3 fully saturated rings. The van der Waals surface area contributed by atoms with Gasteiger partial charge in [0.25, 0.3) is 0 Å². The van der Waals surface area contributed by atoms with Crippen LogP contribution in [0.2, 0.25) is 0 Å². The molecule has 4 rings (SSSR count). The fourth-order valence-electron chi connectivity index (χ4n) is 8.12. The second-order valence-corrected chi connectivity index (χ2v) is 18.2. The number of hydrogen-bond acceptors (Lipinski definition) is 12. The van der Waals surface area contributed by atoms with Crippen LogP contribution >= 0.6 is 11.8 Å². The molecule has 0 saturated carbocycles. The first kappa shape index (κ1) is 51.0. The predicted octanol–water partition coefficient (Wildman–Crippen LogP) is -0.817. The quantitative estimate of drug-likeness (QED) is 0.0235. The number of fused-ring (bicyclic) bond motifs is 1. The summed E-state index contributed by atoms with van der Waals surface area (Å²) in [5.41, 5.74) is 7.63. The highest BCUT2D eigenvalue weighted by molar-refractivity contribution is 8.00. The normalized spacial score (nSPS) is 20.2. The number of nitrogens with two attached hydrogens (primary N) is 1. The van der Waals surface area contributed by atoms with Crippen molar-refractivity contribution in [2.75, 3.05) is 31.9 Å². The molecule has 0 aromatic heterocycles. The van der Waals surface area contributed by atoms with E-state index in [1.54, 1.807) is 17.6 Å². The zero-order chi connectivity index (χ0) is 46.8. The summed E-state index contributed by atoms with van der Waals surface area (Å²) in [6, 6.07) is 2.93. The topological polar surface area (TPSA) is 320 Å². The Hall–Kier alpha value is -5.64. The van der Waals surface area contributed by atoms with E-state index >= 15 is 0 Å². The van der Waals surface area contributed by atoms with Crippen LogP contribution in [0.3, 0.4) is 0 Å². The summed E-state index contributed by atoms with van der Waals surface area (Å²) in [5.74, 6) is -4.68. The van der Waals surface area contributed by atoms with Gasteiger partial charge in [-0.15, -0.1) is 0 Å². The van der Waals surface area contributed by atoms with E-state index in [0.29, 0.717) is 55.9 Å². The number of amides is 10. The van der Waals surface area contributed by atoms with Crippen LogP contribution < -0.4 is 48.4 Å². The molecule has 22 heteroatoms. The van der Waals surface area contributed by atoms with Gasteiger partial charge in [0.05, 0.1) is 25.2 Å². The molecule has 0 spiro atoms. The third kappa shape index (κ3) is 16.5. The van der Waals surface area contributed by atoms with E-state index < -0.39 is 78.5 Å². The number of urea groups is 1. The third-order valence-corrected chi connectivity index (χ3v) is 12.9. The number of carbonyl (C=O) groups excluding carboxylic acids is 9. The molecule has 1 aromatic carbocycles. The molecular weight excluding hydrogens is 853 g/mol. The molecule has 0 radical (unpaired) electrons. The summed E-state index contributed by atoms with van der Waals surface area (Å²) in [4.78, 5) is 115. The van der Waals surface area contributed by atoms with Gasteiger partial charge in [-0.3, -0.25) is 43.6 Å². The minimum atomic E-state index is -1.22. The number of aromatic hydroxyl groups is 1. The molecule has 64 heavy (non-hydrogen) atoms. The van der Waals surface area contributed by atoms with Crippen molar-refractivity contribution in [3.05, 3.63) is 29.8 Å². The van der Waals surface area contributed by atoms with Gasteiger partial charge in [0.1, 0.15) is 23.9 Å². The number of phenols is 1. The van der Waals surface area contributed by atoms with Crippen LogP contribution in [0.25, 0.3) is 0 Å². The van der Waals surface area contributed by atoms with Gasteiger partial charge in [-0.2, -0.15) is 11.8 Å². The molecule has 3 aliphatic heterocycles. The largest absolute Gasteiger partial charge is 0.508 e. The maximum atomic E-state index is 13.7.